The molecule has 0 aliphatic carbocycles. The van der Waals surface area contributed by atoms with Gasteiger partial charge in [0.15, 0.2) is 0 Å². The van der Waals surface area contributed by atoms with Crippen LogP contribution in [0.25, 0.3) is 0 Å². The molecule has 1 aliphatic rings. The van der Waals surface area contributed by atoms with E-state index in [0.717, 1.165) is 11.1 Å². The first kappa shape index (κ1) is 23.0. The fourth-order valence-corrected chi connectivity index (χ4v) is 3.18. The Morgan fingerprint density at radius 1 is 1.07 bits per heavy atom. The molecule has 0 unspecified atom stereocenters. The average Bonchev–Trinajstić information content (AvgIpc) is 2.94. The highest BCUT2D eigenvalue weighted by Gasteiger charge is 2.37. The summed E-state index contributed by atoms with van der Waals surface area (Å²) in [5.41, 5.74) is 0.745. The van der Waals surface area contributed by atoms with Gasteiger partial charge in [0.25, 0.3) is 0 Å². The third-order valence-electron chi connectivity index (χ3n) is 4.40. The monoisotopic (exact) mass is 406 g/mol. The van der Waals surface area contributed by atoms with Gasteiger partial charge in [-0.15, -0.1) is 0 Å². The van der Waals surface area contributed by atoms with Crippen molar-refractivity contribution in [3.63, 3.8) is 0 Å². The van der Waals surface area contributed by atoms with Gasteiger partial charge in [-0.25, -0.2) is 9.59 Å². The van der Waals surface area contributed by atoms with E-state index in [1.54, 1.807) is 11.9 Å². The molecule has 1 aliphatic heterocycles. The molecule has 0 radical (unpaired) electrons. The first-order valence-electron chi connectivity index (χ1n) is 9.96. The quantitative estimate of drug-likeness (QED) is 0.818. The first-order chi connectivity index (χ1) is 13.2. The van der Waals surface area contributed by atoms with E-state index in [2.05, 4.69) is 0 Å². The van der Waals surface area contributed by atoms with Gasteiger partial charge < -0.3 is 19.5 Å². The zero-order valence-corrected chi connectivity index (χ0v) is 18.6. The predicted octanol–water partition coefficient (Wildman–Crippen LogP) is 4.10. The summed E-state index contributed by atoms with van der Waals surface area (Å²) in [6.07, 6.45) is -0.911. The Balaban J connectivity index is 2.06. The molecule has 1 heterocycles. The molecular formula is C22H34N2O5. The molecule has 7 heteroatoms. The zero-order valence-electron chi connectivity index (χ0n) is 18.6. The number of aliphatic hydroxyl groups excluding tert-OH is 1. The van der Waals surface area contributed by atoms with Gasteiger partial charge in [-0.3, -0.25) is 4.90 Å². The average molecular weight is 407 g/mol. The van der Waals surface area contributed by atoms with Crippen LogP contribution in [-0.2, 0) is 16.0 Å². The van der Waals surface area contributed by atoms with Crippen LogP contribution in [0.4, 0.5) is 9.59 Å². The van der Waals surface area contributed by atoms with Crippen LogP contribution in [-0.4, -0.2) is 58.0 Å². The van der Waals surface area contributed by atoms with Crippen molar-refractivity contribution in [1.29, 1.82) is 0 Å². The lowest BCUT2D eigenvalue weighted by molar-refractivity contribution is 0.0205. The fraction of sp³-hybridized carbons (Fsp3) is 0.636. The maximum Gasteiger partial charge on any atom is 0.410 e. The van der Waals surface area contributed by atoms with Gasteiger partial charge >= 0.3 is 12.2 Å². The van der Waals surface area contributed by atoms with Crippen LogP contribution in [0.2, 0.25) is 0 Å². The number of β-amino-alcohol motifs (C(OH)–C–C–N with tert-alkyl or cyclic N) is 1. The van der Waals surface area contributed by atoms with Gasteiger partial charge in [-0.1, -0.05) is 24.3 Å². The maximum absolute atomic E-state index is 12.5. The van der Waals surface area contributed by atoms with Crippen molar-refractivity contribution >= 4 is 12.2 Å². The molecule has 2 atom stereocenters. The highest BCUT2D eigenvalue weighted by Crippen LogP contribution is 2.33. The number of carbonyl (C=O) groups is 2. The largest absolute Gasteiger partial charge is 0.444 e. The summed E-state index contributed by atoms with van der Waals surface area (Å²) in [7, 11) is 1.69. The molecule has 1 aromatic rings. The first-order valence-corrected chi connectivity index (χ1v) is 9.96. The van der Waals surface area contributed by atoms with Crippen molar-refractivity contribution in [2.75, 3.05) is 13.6 Å². The predicted molar refractivity (Wildman–Crippen MR) is 110 cm³/mol. The van der Waals surface area contributed by atoms with Gasteiger partial charge in [0.2, 0.25) is 0 Å². The number of amides is 2. The fourth-order valence-electron chi connectivity index (χ4n) is 3.18. The number of benzene rings is 1. The second-order valence-electron chi connectivity index (χ2n) is 9.62. The van der Waals surface area contributed by atoms with E-state index in [1.807, 2.05) is 65.8 Å². The van der Waals surface area contributed by atoms with Gasteiger partial charge in [0, 0.05) is 13.6 Å². The summed E-state index contributed by atoms with van der Waals surface area (Å²) < 4.78 is 10.9. The number of aliphatic hydroxyl groups is 1. The van der Waals surface area contributed by atoms with Crippen LogP contribution in [0.3, 0.4) is 0 Å². The second kappa shape index (κ2) is 8.61. The Hall–Kier alpha value is -2.28. The lowest BCUT2D eigenvalue weighted by Crippen LogP contribution is -2.37. The standard InChI is InChI=1S/C22H34N2O5/c1-21(2,3)28-19(26)23(7)13-15-8-10-16(11-9-15)18-12-17(25)14-24(18)20(27)29-22(4,5)6/h8-11,17-18,25H,12-14H2,1-7H3/t17-,18+/m1/s1. The summed E-state index contributed by atoms with van der Waals surface area (Å²) >= 11 is 0. The van der Waals surface area contributed by atoms with Crippen LogP contribution < -0.4 is 0 Å². The summed E-state index contributed by atoms with van der Waals surface area (Å²) in [5.74, 6) is 0. The minimum absolute atomic E-state index is 0.238. The third kappa shape index (κ3) is 6.92. The van der Waals surface area contributed by atoms with E-state index in [0.29, 0.717) is 13.0 Å². The van der Waals surface area contributed by atoms with Gasteiger partial charge in [-0.2, -0.15) is 0 Å². The summed E-state index contributed by atoms with van der Waals surface area (Å²) in [6.45, 7) is 11.6. The van der Waals surface area contributed by atoms with Crippen LogP contribution in [0.15, 0.2) is 24.3 Å². The Labute approximate surface area is 173 Å². The molecule has 0 spiro atoms. The van der Waals surface area contributed by atoms with E-state index in [1.165, 1.54) is 4.90 Å². The van der Waals surface area contributed by atoms with Crippen molar-refractivity contribution in [3.05, 3.63) is 35.4 Å². The Morgan fingerprint density at radius 3 is 2.14 bits per heavy atom. The van der Waals surface area contributed by atoms with E-state index in [9.17, 15) is 14.7 Å². The lowest BCUT2D eigenvalue weighted by Gasteiger charge is -2.28. The van der Waals surface area contributed by atoms with Crippen molar-refractivity contribution in [1.82, 2.24) is 9.80 Å². The number of ether oxygens (including phenoxy) is 2. The molecule has 2 amide bonds. The smallest absolute Gasteiger partial charge is 0.410 e. The molecule has 7 nitrogen and oxygen atoms in total. The molecule has 0 bridgehead atoms. The van der Waals surface area contributed by atoms with Crippen LogP contribution >= 0.6 is 0 Å². The lowest BCUT2D eigenvalue weighted by atomic mass is 10.0. The van der Waals surface area contributed by atoms with Gasteiger partial charge in [0.1, 0.15) is 11.2 Å². The third-order valence-corrected chi connectivity index (χ3v) is 4.40. The number of likely N-dealkylation sites (tertiary alicyclic amines) is 1. The summed E-state index contributed by atoms with van der Waals surface area (Å²) in [5, 5.41) is 10.1. The molecular weight excluding hydrogens is 372 g/mol. The topological polar surface area (TPSA) is 79.3 Å². The van der Waals surface area contributed by atoms with E-state index < -0.39 is 23.4 Å². The SMILES string of the molecule is CN(Cc1ccc([C@@H]2C[C@@H](O)CN2C(=O)OC(C)(C)C)cc1)C(=O)OC(C)(C)C. The maximum atomic E-state index is 12.5. The number of nitrogens with zero attached hydrogens (tertiary/aromatic N) is 2. The number of hydrogen-bond acceptors (Lipinski definition) is 5. The molecule has 2 rings (SSSR count). The van der Waals surface area contributed by atoms with Gasteiger partial charge in [0.05, 0.1) is 18.7 Å². The van der Waals surface area contributed by atoms with Crippen molar-refractivity contribution in [2.45, 2.75) is 77.9 Å². The minimum Gasteiger partial charge on any atom is -0.444 e. The number of hydrogen-bond donors (Lipinski definition) is 1. The molecule has 162 valence electrons. The molecule has 1 fully saturated rings. The molecule has 0 saturated carbocycles. The molecule has 1 N–H and O–H groups in total. The summed E-state index contributed by atoms with van der Waals surface area (Å²) in [6, 6.07) is 7.47. The van der Waals surface area contributed by atoms with E-state index in [-0.39, 0.29) is 18.7 Å². The molecule has 0 aromatic heterocycles. The highest BCUT2D eigenvalue weighted by atomic mass is 16.6. The zero-order chi connectivity index (χ0) is 22.0. The number of rotatable bonds is 3. The van der Waals surface area contributed by atoms with Crippen LogP contribution in [0, 0.1) is 0 Å². The molecule has 1 saturated heterocycles. The Bertz CT molecular complexity index is 718. The van der Waals surface area contributed by atoms with Crippen LogP contribution in [0.1, 0.15) is 65.1 Å². The normalized spacial score (nSPS) is 19.8. The number of carbonyl (C=O) groups excluding carboxylic acids is 2. The Kier molecular flexibility index (Phi) is 6.83. The second-order valence-corrected chi connectivity index (χ2v) is 9.62. The van der Waals surface area contributed by atoms with Gasteiger partial charge in [-0.05, 0) is 59.1 Å². The summed E-state index contributed by atoms with van der Waals surface area (Å²) in [4.78, 5) is 27.8. The van der Waals surface area contributed by atoms with Crippen molar-refractivity contribution in [3.8, 4) is 0 Å². The Morgan fingerprint density at radius 2 is 1.62 bits per heavy atom. The van der Waals surface area contributed by atoms with E-state index >= 15 is 0 Å². The van der Waals surface area contributed by atoms with Crippen LogP contribution in [0.5, 0.6) is 0 Å². The van der Waals surface area contributed by atoms with Crippen molar-refractivity contribution in [2.24, 2.45) is 0 Å². The van der Waals surface area contributed by atoms with E-state index in [4.69, 9.17) is 9.47 Å². The highest BCUT2D eigenvalue weighted by molar-refractivity contribution is 5.69. The molecule has 1 aromatic carbocycles. The molecule has 29 heavy (non-hydrogen) atoms. The van der Waals surface area contributed by atoms with Crippen molar-refractivity contribution < 1.29 is 24.2 Å². The minimum atomic E-state index is -0.592.